The van der Waals surface area contributed by atoms with E-state index in [0.717, 1.165) is 44.0 Å². The van der Waals surface area contributed by atoms with Crippen LogP contribution in [0.4, 0.5) is 0 Å². The van der Waals surface area contributed by atoms with Crippen LogP contribution in [-0.2, 0) is 17.8 Å². The van der Waals surface area contributed by atoms with Crippen molar-refractivity contribution in [3.63, 3.8) is 0 Å². The molecule has 0 radical (unpaired) electrons. The molecule has 1 saturated carbocycles. The quantitative estimate of drug-likeness (QED) is 0.578. The zero-order valence-electron chi connectivity index (χ0n) is 16.9. The maximum atomic E-state index is 5.64. The van der Waals surface area contributed by atoms with Gasteiger partial charge in [-0.15, -0.1) is 0 Å². The fraction of sp³-hybridized carbons (Fsp3) is 0.667. The van der Waals surface area contributed by atoms with Gasteiger partial charge in [0.25, 0.3) is 0 Å². The Morgan fingerprint density at radius 2 is 2.19 bits per heavy atom. The van der Waals surface area contributed by atoms with Crippen molar-refractivity contribution in [2.45, 2.75) is 56.7 Å². The molecule has 1 aromatic carbocycles. The molecular formula is C21H34N4OS. The lowest BCUT2D eigenvalue weighted by atomic mass is 10.1. The van der Waals surface area contributed by atoms with Crippen molar-refractivity contribution in [2.24, 2.45) is 4.99 Å². The molecular weight excluding hydrogens is 356 g/mol. The second kappa shape index (κ2) is 10.3. The van der Waals surface area contributed by atoms with Crippen LogP contribution in [0.15, 0.2) is 29.3 Å². The number of benzene rings is 1. The molecule has 1 saturated heterocycles. The third-order valence-electron chi connectivity index (χ3n) is 5.47. The number of nitrogens with one attached hydrogen (secondary N) is 2. The van der Waals surface area contributed by atoms with Gasteiger partial charge in [-0.1, -0.05) is 24.3 Å². The highest BCUT2D eigenvalue weighted by molar-refractivity contribution is 7.99. The SMILES string of the molecule is CN=C(NCc1cccc(CN2CCOC(C)C2)c1)NC1CCC(SC)C1. The molecule has 5 nitrogen and oxygen atoms in total. The van der Waals surface area contributed by atoms with E-state index >= 15 is 0 Å². The van der Waals surface area contributed by atoms with Gasteiger partial charge in [0, 0.05) is 44.5 Å². The molecule has 2 aliphatic rings. The number of thioether (sulfide) groups is 1. The van der Waals surface area contributed by atoms with Crippen molar-refractivity contribution in [1.82, 2.24) is 15.5 Å². The minimum Gasteiger partial charge on any atom is -0.376 e. The van der Waals surface area contributed by atoms with E-state index in [1.54, 1.807) is 0 Å². The largest absolute Gasteiger partial charge is 0.376 e. The van der Waals surface area contributed by atoms with Crippen LogP contribution in [0.25, 0.3) is 0 Å². The molecule has 1 aliphatic heterocycles. The smallest absolute Gasteiger partial charge is 0.191 e. The summed E-state index contributed by atoms with van der Waals surface area (Å²) in [5, 5.41) is 7.86. The van der Waals surface area contributed by atoms with Crippen molar-refractivity contribution >= 4 is 17.7 Å². The van der Waals surface area contributed by atoms with E-state index in [0.29, 0.717) is 12.1 Å². The average molecular weight is 391 g/mol. The number of hydrogen-bond donors (Lipinski definition) is 2. The van der Waals surface area contributed by atoms with E-state index in [1.807, 2.05) is 18.8 Å². The lowest BCUT2D eigenvalue weighted by Crippen LogP contribution is -2.42. The first kappa shape index (κ1) is 20.5. The van der Waals surface area contributed by atoms with Gasteiger partial charge in [0.05, 0.1) is 12.7 Å². The molecule has 6 heteroatoms. The molecule has 2 fully saturated rings. The van der Waals surface area contributed by atoms with Crippen LogP contribution in [0.1, 0.15) is 37.3 Å². The summed E-state index contributed by atoms with van der Waals surface area (Å²) in [6.45, 7) is 6.80. The molecule has 1 aliphatic carbocycles. The molecule has 3 atom stereocenters. The van der Waals surface area contributed by atoms with Crippen molar-refractivity contribution < 1.29 is 4.74 Å². The van der Waals surface area contributed by atoms with Gasteiger partial charge >= 0.3 is 0 Å². The molecule has 27 heavy (non-hydrogen) atoms. The molecule has 3 rings (SSSR count). The van der Waals surface area contributed by atoms with Gasteiger partial charge in [0.1, 0.15) is 0 Å². The van der Waals surface area contributed by atoms with Gasteiger partial charge in [0.15, 0.2) is 5.96 Å². The van der Waals surface area contributed by atoms with Gasteiger partial charge in [-0.2, -0.15) is 11.8 Å². The Bertz CT molecular complexity index is 624. The zero-order chi connectivity index (χ0) is 19.1. The topological polar surface area (TPSA) is 48.9 Å². The maximum absolute atomic E-state index is 5.64. The second-order valence-corrected chi connectivity index (χ2v) is 8.81. The summed E-state index contributed by atoms with van der Waals surface area (Å²) in [6.07, 6.45) is 6.32. The normalized spacial score (nSPS) is 26.9. The second-order valence-electron chi connectivity index (χ2n) is 7.67. The Morgan fingerprint density at radius 3 is 2.93 bits per heavy atom. The van der Waals surface area contributed by atoms with Crippen molar-refractivity contribution in [2.75, 3.05) is 33.0 Å². The monoisotopic (exact) mass is 390 g/mol. The zero-order valence-corrected chi connectivity index (χ0v) is 17.7. The number of guanidine groups is 1. The lowest BCUT2D eigenvalue weighted by molar-refractivity contribution is -0.0212. The molecule has 0 spiro atoms. The summed E-state index contributed by atoms with van der Waals surface area (Å²) >= 11 is 1.98. The molecule has 1 aromatic rings. The Labute approximate surface area is 168 Å². The van der Waals surface area contributed by atoms with Crippen LogP contribution >= 0.6 is 11.8 Å². The minimum absolute atomic E-state index is 0.333. The van der Waals surface area contributed by atoms with E-state index in [-0.39, 0.29) is 0 Å². The first-order chi connectivity index (χ1) is 13.2. The molecule has 3 unspecified atom stereocenters. The van der Waals surface area contributed by atoms with Crippen LogP contribution in [-0.4, -0.2) is 61.3 Å². The molecule has 1 heterocycles. The van der Waals surface area contributed by atoms with Crippen LogP contribution in [0, 0.1) is 0 Å². The highest BCUT2D eigenvalue weighted by Crippen LogP contribution is 2.28. The van der Waals surface area contributed by atoms with E-state index in [4.69, 9.17) is 4.74 Å². The van der Waals surface area contributed by atoms with Gasteiger partial charge in [-0.25, -0.2) is 0 Å². The average Bonchev–Trinajstić information content (AvgIpc) is 3.13. The molecule has 0 amide bonds. The minimum atomic E-state index is 0.333. The standard InChI is InChI=1S/C21H34N4OS/c1-16-14-25(9-10-26-16)15-18-6-4-5-17(11-18)13-23-21(22-2)24-19-7-8-20(12-19)27-3/h4-6,11,16,19-20H,7-10,12-15H2,1-3H3,(H2,22,23,24). The number of rotatable bonds is 6. The lowest BCUT2D eigenvalue weighted by Gasteiger charge is -2.31. The van der Waals surface area contributed by atoms with Crippen molar-refractivity contribution in [3.8, 4) is 0 Å². The van der Waals surface area contributed by atoms with E-state index in [1.165, 1.54) is 30.4 Å². The number of hydrogen-bond acceptors (Lipinski definition) is 4. The van der Waals surface area contributed by atoms with E-state index in [9.17, 15) is 0 Å². The summed E-state index contributed by atoms with van der Waals surface area (Å²) in [5.41, 5.74) is 2.66. The van der Waals surface area contributed by atoms with Gasteiger partial charge < -0.3 is 15.4 Å². The van der Waals surface area contributed by atoms with Gasteiger partial charge in [-0.05, 0) is 43.6 Å². The molecule has 150 valence electrons. The molecule has 0 bridgehead atoms. The Kier molecular flexibility index (Phi) is 7.85. The fourth-order valence-electron chi connectivity index (χ4n) is 3.99. The van der Waals surface area contributed by atoms with Crippen molar-refractivity contribution in [1.29, 1.82) is 0 Å². The number of nitrogens with zero attached hydrogens (tertiary/aromatic N) is 2. The number of ether oxygens (including phenoxy) is 1. The van der Waals surface area contributed by atoms with Gasteiger partial charge in [-0.3, -0.25) is 9.89 Å². The molecule has 2 N–H and O–H groups in total. The summed E-state index contributed by atoms with van der Waals surface area (Å²) < 4.78 is 5.64. The summed E-state index contributed by atoms with van der Waals surface area (Å²) in [5.74, 6) is 0.911. The predicted octanol–water partition coefficient (Wildman–Crippen LogP) is 2.86. The number of morpholine rings is 1. The summed E-state index contributed by atoms with van der Waals surface area (Å²) in [7, 11) is 1.85. The maximum Gasteiger partial charge on any atom is 0.191 e. The Balaban J connectivity index is 1.48. The first-order valence-electron chi connectivity index (χ1n) is 10.1. The Hall–Kier alpha value is -1.24. The van der Waals surface area contributed by atoms with Crippen LogP contribution in [0.5, 0.6) is 0 Å². The van der Waals surface area contributed by atoms with Crippen molar-refractivity contribution in [3.05, 3.63) is 35.4 Å². The number of aliphatic imine (C=N–C) groups is 1. The fourth-order valence-corrected chi connectivity index (χ4v) is 4.79. The summed E-state index contributed by atoms with van der Waals surface area (Å²) in [6, 6.07) is 9.41. The highest BCUT2D eigenvalue weighted by Gasteiger charge is 2.24. The van der Waals surface area contributed by atoms with Crippen LogP contribution < -0.4 is 10.6 Å². The first-order valence-corrected chi connectivity index (χ1v) is 11.4. The molecule has 0 aromatic heterocycles. The summed E-state index contributed by atoms with van der Waals surface area (Å²) in [4.78, 5) is 6.88. The highest BCUT2D eigenvalue weighted by atomic mass is 32.2. The van der Waals surface area contributed by atoms with Crippen LogP contribution in [0.3, 0.4) is 0 Å². The van der Waals surface area contributed by atoms with Gasteiger partial charge in [0.2, 0.25) is 0 Å². The van der Waals surface area contributed by atoms with E-state index in [2.05, 4.69) is 58.0 Å². The van der Waals surface area contributed by atoms with Crippen LogP contribution in [0.2, 0.25) is 0 Å². The third-order valence-corrected chi connectivity index (χ3v) is 6.56. The third kappa shape index (κ3) is 6.40. The van der Waals surface area contributed by atoms with E-state index < -0.39 is 0 Å². The predicted molar refractivity (Wildman–Crippen MR) is 115 cm³/mol. The Morgan fingerprint density at radius 1 is 1.33 bits per heavy atom.